The Morgan fingerprint density at radius 3 is 2.51 bits per heavy atom. The van der Waals surface area contributed by atoms with Crippen molar-refractivity contribution in [3.05, 3.63) is 93.6 Å². The lowest BCUT2D eigenvalue weighted by Crippen LogP contribution is -2.47. The molecule has 198 valence electrons. The number of piperazine rings is 1. The second kappa shape index (κ2) is 10.6. The summed E-state index contributed by atoms with van der Waals surface area (Å²) in [7, 11) is 1.65. The second-order valence-electron chi connectivity index (χ2n) is 9.10. The first-order valence-corrected chi connectivity index (χ1v) is 13.7. The van der Waals surface area contributed by atoms with Gasteiger partial charge >= 0.3 is 0 Å². The number of thioether (sulfide) groups is 1. The number of amides is 1. The van der Waals surface area contributed by atoms with Gasteiger partial charge in [0, 0.05) is 38.1 Å². The van der Waals surface area contributed by atoms with Crippen LogP contribution in [0.25, 0.3) is 11.7 Å². The highest BCUT2D eigenvalue weighted by molar-refractivity contribution is 8.26. The summed E-state index contributed by atoms with van der Waals surface area (Å²) in [5.41, 5.74) is 1.81. The number of hydrogen-bond acceptors (Lipinski definition) is 9. The summed E-state index contributed by atoms with van der Waals surface area (Å²) in [6.45, 7) is 3.09. The molecule has 0 atom stereocenters. The molecule has 39 heavy (non-hydrogen) atoms. The van der Waals surface area contributed by atoms with Crippen molar-refractivity contribution >= 4 is 57.4 Å². The summed E-state index contributed by atoms with van der Waals surface area (Å²) >= 11 is 6.67. The van der Waals surface area contributed by atoms with Gasteiger partial charge < -0.3 is 19.0 Å². The van der Waals surface area contributed by atoms with Crippen molar-refractivity contribution in [3.63, 3.8) is 0 Å². The van der Waals surface area contributed by atoms with Crippen LogP contribution in [0.4, 0.5) is 11.5 Å². The standard InChI is InChI=1S/C28H25N5O4S2/c1-36-20-9-7-19(8-10-20)30-12-14-31(15-13-30)25-22(26(34)32-11-3-2-6-24(32)29-25)17-23-27(35)33(28(38)39-23)18-21-5-4-16-37-21/h2-11,16-17H,12-15,18H2,1H3. The first-order valence-electron chi connectivity index (χ1n) is 12.4. The van der Waals surface area contributed by atoms with Crippen LogP contribution in [-0.4, -0.2) is 57.8 Å². The Bertz CT molecular complexity index is 1620. The molecule has 0 aliphatic carbocycles. The lowest BCUT2D eigenvalue weighted by molar-refractivity contribution is -0.122. The number of carbonyl (C=O) groups is 1. The van der Waals surface area contributed by atoms with E-state index in [0.717, 1.165) is 24.5 Å². The number of ether oxygens (including phenoxy) is 1. The van der Waals surface area contributed by atoms with E-state index in [1.807, 2.05) is 36.4 Å². The highest BCUT2D eigenvalue weighted by Gasteiger charge is 2.34. The maximum absolute atomic E-state index is 13.7. The summed E-state index contributed by atoms with van der Waals surface area (Å²) in [6.07, 6.45) is 4.89. The minimum Gasteiger partial charge on any atom is -0.497 e. The summed E-state index contributed by atoms with van der Waals surface area (Å²) in [4.78, 5) is 38.2. The van der Waals surface area contributed by atoms with Gasteiger partial charge in [-0.2, -0.15) is 0 Å². The molecule has 2 aliphatic heterocycles. The first-order chi connectivity index (χ1) is 19.0. The zero-order valence-electron chi connectivity index (χ0n) is 21.1. The molecule has 9 nitrogen and oxygen atoms in total. The third-order valence-corrected chi connectivity index (χ3v) is 8.19. The molecule has 0 radical (unpaired) electrons. The molecule has 0 saturated carbocycles. The first kappa shape index (κ1) is 25.2. The number of fused-ring (bicyclic) bond motifs is 1. The van der Waals surface area contributed by atoms with E-state index in [-0.39, 0.29) is 18.0 Å². The van der Waals surface area contributed by atoms with E-state index in [9.17, 15) is 9.59 Å². The van der Waals surface area contributed by atoms with E-state index in [1.165, 1.54) is 21.1 Å². The largest absolute Gasteiger partial charge is 0.497 e. The molecule has 0 bridgehead atoms. The van der Waals surface area contributed by atoms with E-state index < -0.39 is 0 Å². The molecule has 2 aliphatic rings. The number of pyridine rings is 1. The van der Waals surface area contributed by atoms with Crippen molar-refractivity contribution < 1.29 is 13.9 Å². The molecule has 1 aromatic carbocycles. The smallest absolute Gasteiger partial charge is 0.267 e. The number of aromatic nitrogens is 2. The predicted molar refractivity (Wildman–Crippen MR) is 156 cm³/mol. The van der Waals surface area contributed by atoms with Crippen molar-refractivity contribution in [2.45, 2.75) is 6.54 Å². The molecule has 2 saturated heterocycles. The molecule has 0 N–H and O–H groups in total. The molecular formula is C28H25N5O4S2. The normalized spacial score (nSPS) is 17.1. The average Bonchev–Trinajstić information content (AvgIpc) is 3.58. The molecule has 3 aromatic heterocycles. The molecule has 2 fully saturated rings. The van der Waals surface area contributed by atoms with E-state index in [0.29, 0.717) is 45.1 Å². The molecule has 11 heteroatoms. The Morgan fingerprint density at radius 1 is 1.03 bits per heavy atom. The maximum Gasteiger partial charge on any atom is 0.267 e. The zero-order chi connectivity index (χ0) is 26.9. The van der Waals surface area contributed by atoms with Gasteiger partial charge in [-0.25, -0.2) is 4.98 Å². The van der Waals surface area contributed by atoms with Crippen LogP contribution in [0.15, 0.2) is 81.2 Å². The number of furan rings is 1. The van der Waals surface area contributed by atoms with E-state index in [1.54, 1.807) is 43.8 Å². The van der Waals surface area contributed by atoms with Gasteiger partial charge in [0.05, 0.1) is 30.4 Å². The van der Waals surface area contributed by atoms with Crippen LogP contribution in [0.1, 0.15) is 11.3 Å². The highest BCUT2D eigenvalue weighted by Crippen LogP contribution is 2.35. The Kier molecular flexibility index (Phi) is 6.84. The van der Waals surface area contributed by atoms with Crippen LogP contribution in [0.3, 0.4) is 0 Å². The molecule has 0 unspecified atom stereocenters. The van der Waals surface area contributed by atoms with Crippen LogP contribution in [0, 0.1) is 0 Å². The summed E-state index contributed by atoms with van der Waals surface area (Å²) < 4.78 is 12.6. The van der Waals surface area contributed by atoms with Crippen LogP contribution >= 0.6 is 24.0 Å². The van der Waals surface area contributed by atoms with Crippen molar-refractivity contribution in [1.82, 2.24) is 14.3 Å². The van der Waals surface area contributed by atoms with Gasteiger partial charge in [0.15, 0.2) is 0 Å². The van der Waals surface area contributed by atoms with Crippen molar-refractivity contribution in [3.8, 4) is 5.75 Å². The van der Waals surface area contributed by atoms with Crippen molar-refractivity contribution in [2.75, 3.05) is 43.1 Å². The number of nitrogens with zero attached hydrogens (tertiary/aromatic N) is 5. The number of hydrogen-bond donors (Lipinski definition) is 0. The third-order valence-electron chi connectivity index (χ3n) is 6.81. The van der Waals surface area contributed by atoms with Gasteiger partial charge in [-0.15, -0.1) is 0 Å². The number of rotatable bonds is 6. The fourth-order valence-electron chi connectivity index (χ4n) is 4.75. The minimum absolute atomic E-state index is 0.232. The predicted octanol–water partition coefficient (Wildman–Crippen LogP) is 4.02. The molecule has 4 aromatic rings. The van der Waals surface area contributed by atoms with Gasteiger partial charge in [0.1, 0.15) is 27.3 Å². The second-order valence-corrected chi connectivity index (χ2v) is 10.8. The van der Waals surface area contributed by atoms with Gasteiger partial charge in [-0.05, 0) is 54.6 Å². The quantitative estimate of drug-likeness (QED) is 0.257. The zero-order valence-corrected chi connectivity index (χ0v) is 22.8. The average molecular weight is 560 g/mol. The number of thiocarbonyl (C=S) groups is 1. The topological polar surface area (TPSA) is 83.5 Å². The Hall–Kier alpha value is -4.09. The Balaban J connectivity index is 1.32. The lowest BCUT2D eigenvalue weighted by atomic mass is 10.2. The SMILES string of the molecule is COc1ccc(N2CCN(c3nc4ccccn4c(=O)c3C=C3SC(=S)N(Cc4ccco4)C3=O)CC2)cc1. The van der Waals surface area contributed by atoms with Crippen LogP contribution in [-0.2, 0) is 11.3 Å². The molecular weight excluding hydrogens is 534 g/mol. The lowest BCUT2D eigenvalue weighted by Gasteiger charge is -2.37. The molecule has 1 amide bonds. The Morgan fingerprint density at radius 2 is 1.79 bits per heavy atom. The highest BCUT2D eigenvalue weighted by atomic mass is 32.2. The van der Waals surface area contributed by atoms with E-state index >= 15 is 0 Å². The summed E-state index contributed by atoms with van der Waals surface area (Å²) in [6, 6.07) is 17.0. The fourth-order valence-corrected chi connectivity index (χ4v) is 5.99. The molecule has 0 spiro atoms. The molecule has 5 heterocycles. The maximum atomic E-state index is 13.7. The number of methoxy groups -OCH3 is 1. The minimum atomic E-state index is -0.255. The summed E-state index contributed by atoms with van der Waals surface area (Å²) in [5.74, 6) is 1.76. The van der Waals surface area contributed by atoms with Crippen LogP contribution in [0.2, 0.25) is 0 Å². The fraction of sp³-hybridized carbons (Fsp3) is 0.214. The Labute approximate surface area is 234 Å². The van der Waals surface area contributed by atoms with Gasteiger partial charge in [0.25, 0.3) is 11.5 Å². The van der Waals surface area contributed by atoms with E-state index in [4.69, 9.17) is 26.4 Å². The number of carbonyl (C=O) groups excluding carboxylic acids is 1. The van der Waals surface area contributed by atoms with Crippen LogP contribution in [0.5, 0.6) is 5.75 Å². The summed E-state index contributed by atoms with van der Waals surface area (Å²) in [5, 5.41) is 0. The van der Waals surface area contributed by atoms with Gasteiger partial charge in [-0.3, -0.25) is 18.9 Å². The van der Waals surface area contributed by atoms with Gasteiger partial charge in [0.2, 0.25) is 0 Å². The number of benzene rings is 1. The van der Waals surface area contributed by atoms with Gasteiger partial charge in [-0.1, -0.05) is 30.0 Å². The van der Waals surface area contributed by atoms with E-state index in [2.05, 4.69) is 9.80 Å². The van der Waals surface area contributed by atoms with Crippen LogP contribution < -0.4 is 20.1 Å². The third kappa shape index (κ3) is 4.90. The van der Waals surface area contributed by atoms with Crippen molar-refractivity contribution in [2.24, 2.45) is 0 Å². The monoisotopic (exact) mass is 559 g/mol. The molecule has 6 rings (SSSR count). The van der Waals surface area contributed by atoms with Crippen molar-refractivity contribution in [1.29, 1.82) is 0 Å². The number of anilines is 2.